The van der Waals surface area contributed by atoms with Crippen molar-refractivity contribution < 1.29 is 4.42 Å². The minimum atomic E-state index is -0.335. The van der Waals surface area contributed by atoms with Gasteiger partial charge in [0.15, 0.2) is 5.58 Å². The molecule has 0 amide bonds. The summed E-state index contributed by atoms with van der Waals surface area (Å²) in [6, 6.07) is 5.78. The molecular weight excluding hydrogens is 242 g/mol. The average molecular weight is 263 g/mol. The Labute approximate surface area is 112 Å². The van der Waals surface area contributed by atoms with Crippen LogP contribution in [0.1, 0.15) is 20.3 Å². The number of oxazole rings is 1. The van der Waals surface area contributed by atoms with Gasteiger partial charge in [-0.1, -0.05) is 0 Å². The number of anilines is 1. The highest BCUT2D eigenvalue weighted by molar-refractivity contribution is 5.77. The standard InChI is InChI=1S/C14H21N3O2/c1-14(2,15)7-8-16(3)10-5-6-11-12(9-10)19-13(18)17(11)4/h5-6,9H,7-8,15H2,1-4H3. The molecule has 2 N–H and O–H groups in total. The molecule has 0 saturated carbocycles. The number of fused-ring (bicyclic) bond motifs is 1. The van der Waals surface area contributed by atoms with E-state index in [0.717, 1.165) is 24.2 Å². The first kappa shape index (κ1) is 13.7. The van der Waals surface area contributed by atoms with E-state index >= 15 is 0 Å². The van der Waals surface area contributed by atoms with Crippen molar-refractivity contribution in [3.05, 3.63) is 28.7 Å². The Balaban J connectivity index is 2.23. The first-order valence-electron chi connectivity index (χ1n) is 6.37. The highest BCUT2D eigenvalue weighted by atomic mass is 16.4. The second-order valence-electron chi connectivity index (χ2n) is 5.74. The van der Waals surface area contributed by atoms with Gasteiger partial charge in [0.1, 0.15) is 0 Å². The number of nitrogens with two attached hydrogens (primary N) is 1. The molecule has 0 unspecified atom stereocenters. The van der Waals surface area contributed by atoms with Crippen molar-refractivity contribution in [3.63, 3.8) is 0 Å². The summed E-state index contributed by atoms with van der Waals surface area (Å²) in [5.41, 5.74) is 8.24. The molecule has 104 valence electrons. The Hall–Kier alpha value is -1.75. The maximum Gasteiger partial charge on any atom is 0.419 e. The van der Waals surface area contributed by atoms with E-state index in [1.165, 1.54) is 4.57 Å². The Morgan fingerprint density at radius 2 is 2.11 bits per heavy atom. The topological polar surface area (TPSA) is 64.4 Å². The summed E-state index contributed by atoms with van der Waals surface area (Å²) in [4.78, 5) is 13.6. The molecule has 0 radical (unpaired) electrons. The average Bonchev–Trinajstić information content (AvgIpc) is 2.61. The lowest BCUT2D eigenvalue weighted by Crippen LogP contribution is -2.36. The predicted molar refractivity (Wildman–Crippen MR) is 77.6 cm³/mol. The van der Waals surface area contributed by atoms with Crippen LogP contribution >= 0.6 is 0 Å². The normalized spacial score (nSPS) is 12.1. The molecular formula is C14H21N3O2. The lowest BCUT2D eigenvalue weighted by molar-refractivity contribution is 0.479. The van der Waals surface area contributed by atoms with Crippen LogP contribution in [-0.4, -0.2) is 23.7 Å². The van der Waals surface area contributed by atoms with Crippen LogP contribution in [0, 0.1) is 0 Å². The van der Waals surface area contributed by atoms with E-state index in [2.05, 4.69) is 4.90 Å². The maximum absolute atomic E-state index is 11.4. The van der Waals surface area contributed by atoms with Crippen molar-refractivity contribution >= 4 is 16.8 Å². The lowest BCUT2D eigenvalue weighted by atomic mass is 10.0. The van der Waals surface area contributed by atoms with E-state index in [1.54, 1.807) is 7.05 Å². The summed E-state index contributed by atoms with van der Waals surface area (Å²) in [6.07, 6.45) is 0.889. The monoisotopic (exact) mass is 263 g/mol. The van der Waals surface area contributed by atoms with Gasteiger partial charge < -0.3 is 15.1 Å². The fraction of sp³-hybridized carbons (Fsp3) is 0.500. The molecule has 0 saturated heterocycles. The van der Waals surface area contributed by atoms with Crippen LogP contribution in [0.15, 0.2) is 27.4 Å². The number of hydrogen-bond donors (Lipinski definition) is 1. The summed E-state index contributed by atoms with van der Waals surface area (Å²) in [6.45, 7) is 4.88. The van der Waals surface area contributed by atoms with Gasteiger partial charge in [-0.2, -0.15) is 0 Å². The minimum Gasteiger partial charge on any atom is -0.408 e. The first-order chi connectivity index (χ1) is 8.78. The smallest absolute Gasteiger partial charge is 0.408 e. The fourth-order valence-electron chi connectivity index (χ4n) is 1.94. The molecule has 0 atom stereocenters. The Bertz CT molecular complexity index is 634. The van der Waals surface area contributed by atoms with Gasteiger partial charge in [-0.25, -0.2) is 4.79 Å². The number of aryl methyl sites for hydroxylation is 1. The summed E-state index contributed by atoms with van der Waals surface area (Å²) >= 11 is 0. The molecule has 1 aromatic carbocycles. The van der Waals surface area contributed by atoms with Crippen molar-refractivity contribution in [2.45, 2.75) is 25.8 Å². The zero-order valence-corrected chi connectivity index (χ0v) is 11.9. The second kappa shape index (κ2) is 4.74. The van der Waals surface area contributed by atoms with Crippen LogP contribution in [0.25, 0.3) is 11.1 Å². The van der Waals surface area contributed by atoms with Gasteiger partial charge in [0.25, 0.3) is 0 Å². The molecule has 0 aliphatic heterocycles. The van der Waals surface area contributed by atoms with Crippen LogP contribution < -0.4 is 16.4 Å². The van der Waals surface area contributed by atoms with Gasteiger partial charge >= 0.3 is 5.76 Å². The first-order valence-corrected chi connectivity index (χ1v) is 6.37. The number of aromatic nitrogens is 1. The van der Waals surface area contributed by atoms with Crippen molar-refractivity contribution in [3.8, 4) is 0 Å². The Kier molecular flexibility index (Phi) is 3.41. The highest BCUT2D eigenvalue weighted by Gasteiger charge is 2.13. The van der Waals surface area contributed by atoms with Crippen molar-refractivity contribution in [2.75, 3.05) is 18.5 Å². The fourth-order valence-corrected chi connectivity index (χ4v) is 1.94. The van der Waals surface area contributed by atoms with Gasteiger partial charge in [0.2, 0.25) is 0 Å². The van der Waals surface area contributed by atoms with Crippen LogP contribution in [0.2, 0.25) is 0 Å². The minimum absolute atomic E-state index is 0.183. The third-order valence-electron chi connectivity index (χ3n) is 3.31. The van der Waals surface area contributed by atoms with Gasteiger partial charge in [-0.15, -0.1) is 0 Å². The number of benzene rings is 1. The van der Waals surface area contributed by atoms with E-state index in [9.17, 15) is 4.79 Å². The van der Waals surface area contributed by atoms with Gasteiger partial charge in [0, 0.05) is 37.9 Å². The largest absolute Gasteiger partial charge is 0.419 e. The molecule has 5 nitrogen and oxygen atoms in total. The highest BCUT2D eigenvalue weighted by Crippen LogP contribution is 2.21. The summed E-state index contributed by atoms with van der Waals surface area (Å²) < 4.78 is 6.69. The second-order valence-corrected chi connectivity index (χ2v) is 5.74. The molecule has 0 fully saturated rings. The molecule has 0 aliphatic rings. The van der Waals surface area contributed by atoms with Crippen LogP contribution in [0.3, 0.4) is 0 Å². The summed E-state index contributed by atoms with van der Waals surface area (Å²) in [7, 11) is 3.71. The molecule has 0 bridgehead atoms. The van der Waals surface area contributed by atoms with Gasteiger partial charge in [-0.3, -0.25) is 4.57 Å². The van der Waals surface area contributed by atoms with E-state index in [4.69, 9.17) is 10.2 Å². The molecule has 0 spiro atoms. The van der Waals surface area contributed by atoms with E-state index in [0.29, 0.717) is 5.58 Å². The van der Waals surface area contributed by atoms with Crippen LogP contribution in [0.4, 0.5) is 5.69 Å². The third kappa shape index (κ3) is 2.98. The number of rotatable bonds is 4. The third-order valence-corrected chi connectivity index (χ3v) is 3.31. The zero-order chi connectivity index (χ0) is 14.2. The number of nitrogens with zero attached hydrogens (tertiary/aromatic N) is 2. The number of hydrogen-bond acceptors (Lipinski definition) is 4. The zero-order valence-electron chi connectivity index (χ0n) is 11.9. The molecule has 2 aromatic rings. The van der Waals surface area contributed by atoms with Crippen molar-refractivity contribution in [1.29, 1.82) is 0 Å². The summed E-state index contributed by atoms with van der Waals surface area (Å²) in [5.74, 6) is -0.335. The quantitative estimate of drug-likeness (QED) is 0.911. The predicted octanol–water partition coefficient (Wildman–Crippen LogP) is 1.70. The maximum atomic E-state index is 11.4. The molecule has 19 heavy (non-hydrogen) atoms. The van der Waals surface area contributed by atoms with Gasteiger partial charge in [0.05, 0.1) is 5.52 Å². The van der Waals surface area contributed by atoms with Crippen LogP contribution in [-0.2, 0) is 7.05 Å². The van der Waals surface area contributed by atoms with Gasteiger partial charge in [-0.05, 0) is 32.4 Å². The van der Waals surface area contributed by atoms with E-state index in [1.807, 2.05) is 39.1 Å². The van der Waals surface area contributed by atoms with E-state index < -0.39 is 0 Å². The molecule has 1 aromatic heterocycles. The lowest BCUT2D eigenvalue weighted by Gasteiger charge is -2.25. The molecule has 5 heteroatoms. The SMILES string of the molecule is CN(CCC(C)(C)N)c1ccc2c(c1)oc(=O)n2C. The Morgan fingerprint density at radius 3 is 2.74 bits per heavy atom. The van der Waals surface area contributed by atoms with E-state index in [-0.39, 0.29) is 11.3 Å². The van der Waals surface area contributed by atoms with Crippen LogP contribution in [0.5, 0.6) is 0 Å². The molecule has 0 aliphatic carbocycles. The van der Waals surface area contributed by atoms with Crippen molar-refractivity contribution in [1.82, 2.24) is 4.57 Å². The van der Waals surface area contributed by atoms with Crippen molar-refractivity contribution in [2.24, 2.45) is 12.8 Å². The Morgan fingerprint density at radius 1 is 1.42 bits per heavy atom. The molecule has 2 rings (SSSR count). The summed E-state index contributed by atoms with van der Waals surface area (Å²) in [5, 5.41) is 0. The molecule has 1 heterocycles.